The van der Waals surface area contributed by atoms with E-state index in [0.717, 1.165) is 5.56 Å². The Morgan fingerprint density at radius 1 is 1.00 bits per heavy atom. The van der Waals surface area contributed by atoms with E-state index >= 15 is 0 Å². The molecule has 0 aliphatic rings. The lowest BCUT2D eigenvalue weighted by Gasteiger charge is -2.10. The Morgan fingerprint density at radius 3 is 2.39 bits per heavy atom. The molecule has 2 N–H and O–H groups in total. The highest BCUT2D eigenvalue weighted by atomic mass is 35.5. The van der Waals surface area contributed by atoms with Crippen LogP contribution in [0.3, 0.4) is 0 Å². The van der Waals surface area contributed by atoms with Crippen LogP contribution in [0.5, 0.6) is 0 Å². The maximum atomic E-state index is 12.5. The third-order valence-electron chi connectivity index (χ3n) is 3.95. The normalized spacial score (nSPS) is 10.0. The van der Waals surface area contributed by atoms with Gasteiger partial charge in [-0.15, -0.1) is 0 Å². The van der Waals surface area contributed by atoms with Crippen molar-refractivity contribution in [2.45, 2.75) is 6.92 Å². The molecule has 7 heteroatoms. The molecular weight excluding hydrogens is 376 g/mol. The van der Waals surface area contributed by atoms with Gasteiger partial charge in [0.2, 0.25) is 0 Å². The molecule has 0 fully saturated rings. The molecule has 0 saturated heterocycles. The van der Waals surface area contributed by atoms with Crippen LogP contribution >= 0.6 is 11.6 Å². The van der Waals surface area contributed by atoms with Crippen molar-refractivity contribution in [3.63, 3.8) is 0 Å². The monoisotopic (exact) mass is 390 g/mol. The van der Waals surface area contributed by atoms with Crippen LogP contribution in [-0.2, 0) is 0 Å². The van der Waals surface area contributed by atoms with E-state index < -0.39 is 5.91 Å². The van der Waals surface area contributed by atoms with E-state index in [9.17, 15) is 9.59 Å². The van der Waals surface area contributed by atoms with Gasteiger partial charge in [0.15, 0.2) is 0 Å². The summed E-state index contributed by atoms with van der Waals surface area (Å²) in [5, 5.41) is 15.0. The van der Waals surface area contributed by atoms with E-state index in [-0.39, 0.29) is 17.0 Å². The molecular formula is C21H15ClN4O2. The molecule has 138 valence electrons. The fraction of sp³-hybridized carbons (Fsp3) is 0.0476. The summed E-state index contributed by atoms with van der Waals surface area (Å²) in [6.07, 6.45) is 2.75. The molecule has 0 aliphatic heterocycles. The van der Waals surface area contributed by atoms with Gasteiger partial charge in [-0.2, -0.15) is 5.26 Å². The number of aromatic nitrogens is 1. The molecule has 0 atom stereocenters. The SMILES string of the molecule is Cc1cc(Cl)ccc1NC(=O)c1cncc(C(=O)Nc2cccc(C#N)c2)c1. The first kappa shape index (κ1) is 19.1. The molecule has 0 spiro atoms. The van der Waals surface area contributed by atoms with Crippen molar-refractivity contribution in [2.75, 3.05) is 10.6 Å². The fourth-order valence-electron chi connectivity index (χ4n) is 2.52. The van der Waals surface area contributed by atoms with Crippen molar-refractivity contribution in [3.05, 3.63) is 88.2 Å². The van der Waals surface area contributed by atoms with Gasteiger partial charge in [0, 0.05) is 28.8 Å². The number of nitriles is 1. The van der Waals surface area contributed by atoms with Gasteiger partial charge in [-0.25, -0.2) is 0 Å². The highest BCUT2D eigenvalue weighted by molar-refractivity contribution is 6.30. The highest BCUT2D eigenvalue weighted by Crippen LogP contribution is 2.20. The summed E-state index contributed by atoms with van der Waals surface area (Å²) in [4.78, 5) is 29.0. The van der Waals surface area contributed by atoms with E-state index in [1.54, 1.807) is 42.5 Å². The predicted octanol–water partition coefficient (Wildman–Crippen LogP) is 4.42. The molecule has 0 unspecified atom stereocenters. The summed E-state index contributed by atoms with van der Waals surface area (Å²) in [5.74, 6) is -0.820. The first-order chi connectivity index (χ1) is 13.5. The molecule has 0 saturated carbocycles. The van der Waals surface area contributed by atoms with Crippen LogP contribution in [0.1, 0.15) is 31.8 Å². The number of nitrogens with zero attached hydrogens (tertiary/aromatic N) is 2. The van der Waals surface area contributed by atoms with Crippen molar-refractivity contribution in [2.24, 2.45) is 0 Å². The first-order valence-electron chi connectivity index (χ1n) is 8.30. The molecule has 2 amide bonds. The van der Waals surface area contributed by atoms with E-state index in [4.69, 9.17) is 16.9 Å². The zero-order valence-corrected chi connectivity index (χ0v) is 15.6. The van der Waals surface area contributed by atoms with Crippen molar-refractivity contribution in [3.8, 4) is 6.07 Å². The average Bonchev–Trinajstić information content (AvgIpc) is 2.70. The minimum absolute atomic E-state index is 0.225. The van der Waals surface area contributed by atoms with Gasteiger partial charge in [-0.1, -0.05) is 17.7 Å². The number of halogens is 1. The molecule has 0 aliphatic carbocycles. The number of benzene rings is 2. The second kappa shape index (κ2) is 8.33. The number of carbonyl (C=O) groups is 2. The Hall–Kier alpha value is -3.69. The molecule has 6 nitrogen and oxygen atoms in total. The lowest BCUT2D eigenvalue weighted by molar-refractivity contribution is 0.102. The van der Waals surface area contributed by atoms with Gasteiger partial charge in [0.25, 0.3) is 11.8 Å². The van der Waals surface area contributed by atoms with Crippen molar-refractivity contribution < 1.29 is 9.59 Å². The van der Waals surface area contributed by atoms with Crippen LogP contribution in [0.2, 0.25) is 5.02 Å². The quantitative estimate of drug-likeness (QED) is 0.689. The van der Waals surface area contributed by atoms with E-state index in [2.05, 4.69) is 15.6 Å². The van der Waals surface area contributed by atoms with Crippen LogP contribution in [-0.4, -0.2) is 16.8 Å². The van der Waals surface area contributed by atoms with Crippen LogP contribution in [0.25, 0.3) is 0 Å². The van der Waals surface area contributed by atoms with Crippen molar-refractivity contribution >= 4 is 34.8 Å². The number of carbonyl (C=O) groups excluding carboxylic acids is 2. The maximum Gasteiger partial charge on any atom is 0.257 e. The number of hydrogen-bond acceptors (Lipinski definition) is 4. The minimum atomic E-state index is -0.431. The lowest BCUT2D eigenvalue weighted by Crippen LogP contribution is -2.16. The molecule has 0 bridgehead atoms. The minimum Gasteiger partial charge on any atom is -0.322 e. The molecule has 3 aromatic rings. The largest absolute Gasteiger partial charge is 0.322 e. The number of pyridine rings is 1. The lowest BCUT2D eigenvalue weighted by atomic mass is 10.1. The van der Waals surface area contributed by atoms with Gasteiger partial charge >= 0.3 is 0 Å². The van der Waals surface area contributed by atoms with E-state index in [1.807, 2.05) is 13.0 Å². The Morgan fingerprint density at radius 2 is 1.71 bits per heavy atom. The van der Waals surface area contributed by atoms with E-state index in [1.165, 1.54) is 18.5 Å². The summed E-state index contributed by atoms with van der Waals surface area (Å²) in [6, 6.07) is 15.1. The standard InChI is InChI=1S/C21H15ClN4O2/c1-13-7-17(22)5-6-19(13)26-21(28)16-9-15(11-24-12-16)20(27)25-18-4-2-3-14(8-18)10-23/h2-9,11-12H,1H3,(H,25,27)(H,26,28). The van der Waals surface area contributed by atoms with Crippen LogP contribution in [0.4, 0.5) is 11.4 Å². The first-order valence-corrected chi connectivity index (χ1v) is 8.68. The van der Waals surface area contributed by atoms with Gasteiger partial charge in [0.05, 0.1) is 22.8 Å². The zero-order valence-electron chi connectivity index (χ0n) is 14.9. The number of nitrogens with one attached hydrogen (secondary N) is 2. The van der Waals surface area contributed by atoms with Gasteiger partial charge < -0.3 is 10.6 Å². The number of aryl methyl sites for hydroxylation is 1. The molecule has 2 aromatic carbocycles. The zero-order chi connectivity index (χ0) is 20.1. The van der Waals surface area contributed by atoms with Gasteiger partial charge in [-0.3, -0.25) is 14.6 Å². The average molecular weight is 391 g/mol. The van der Waals surface area contributed by atoms with Crippen LogP contribution < -0.4 is 10.6 Å². The number of hydrogen-bond donors (Lipinski definition) is 2. The topological polar surface area (TPSA) is 94.9 Å². The highest BCUT2D eigenvalue weighted by Gasteiger charge is 2.13. The summed E-state index contributed by atoms with van der Waals surface area (Å²) in [5.41, 5.74) is 2.83. The van der Waals surface area contributed by atoms with Gasteiger partial charge in [-0.05, 0) is 55.0 Å². The molecule has 1 aromatic heterocycles. The number of amides is 2. The van der Waals surface area contributed by atoms with Crippen molar-refractivity contribution in [1.29, 1.82) is 5.26 Å². The number of rotatable bonds is 4. The Labute approximate surface area is 166 Å². The van der Waals surface area contributed by atoms with Crippen LogP contribution in [0, 0.1) is 18.3 Å². The predicted molar refractivity (Wildman–Crippen MR) is 107 cm³/mol. The van der Waals surface area contributed by atoms with E-state index in [0.29, 0.717) is 22.0 Å². The Bertz CT molecular complexity index is 1110. The molecule has 3 rings (SSSR count). The second-order valence-corrected chi connectivity index (χ2v) is 6.46. The van der Waals surface area contributed by atoms with Gasteiger partial charge in [0.1, 0.15) is 0 Å². The second-order valence-electron chi connectivity index (χ2n) is 6.02. The van der Waals surface area contributed by atoms with Crippen LogP contribution in [0.15, 0.2) is 60.9 Å². The molecule has 1 heterocycles. The summed E-state index contributed by atoms with van der Waals surface area (Å²) >= 11 is 5.93. The Balaban J connectivity index is 1.76. The fourth-order valence-corrected chi connectivity index (χ4v) is 2.75. The third kappa shape index (κ3) is 4.53. The third-order valence-corrected chi connectivity index (χ3v) is 4.18. The maximum absolute atomic E-state index is 12.5. The number of anilines is 2. The molecule has 0 radical (unpaired) electrons. The summed E-state index contributed by atoms with van der Waals surface area (Å²) in [6.45, 7) is 1.83. The molecule has 28 heavy (non-hydrogen) atoms. The van der Waals surface area contributed by atoms with Crippen molar-refractivity contribution in [1.82, 2.24) is 4.98 Å². The summed E-state index contributed by atoms with van der Waals surface area (Å²) < 4.78 is 0. The smallest absolute Gasteiger partial charge is 0.257 e. The summed E-state index contributed by atoms with van der Waals surface area (Å²) in [7, 11) is 0. The Kier molecular flexibility index (Phi) is 5.68.